The third-order valence-corrected chi connectivity index (χ3v) is 2.62. The average molecular weight is 229 g/mol. The predicted molar refractivity (Wildman–Crippen MR) is 62.6 cm³/mol. The van der Waals surface area contributed by atoms with Gasteiger partial charge in [-0.15, -0.1) is 0 Å². The first-order chi connectivity index (χ1) is 6.90. The van der Waals surface area contributed by atoms with Crippen molar-refractivity contribution < 1.29 is 9.84 Å². The summed E-state index contributed by atoms with van der Waals surface area (Å²) >= 11 is 5.97. The number of aliphatic hydroxyl groups is 1. The van der Waals surface area contributed by atoms with E-state index in [2.05, 4.69) is 0 Å². The molecule has 15 heavy (non-hydrogen) atoms. The Bertz CT molecular complexity index is 353. The molecule has 0 bridgehead atoms. The van der Waals surface area contributed by atoms with E-state index in [-0.39, 0.29) is 0 Å². The zero-order valence-corrected chi connectivity index (χ0v) is 10.4. The predicted octanol–water partition coefficient (Wildman–Crippen LogP) is 3.14. The van der Waals surface area contributed by atoms with Gasteiger partial charge in [-0.25, -0.2) is 0 Å². The van der Waals surface area contributed by atoms with E-state index in [1.807, 2.05) is 6.92 Å². The zero-order valence-electron chi connectivity index (χ0n) is 9.60. The second-order valence-corrected chi connectivity index (χ2v) is 4.48. The number of benzene rings is 1. The van der Waals surface area contributed by atoms with Crippen LogP contribution < -0.4 is 4.74 Å². The van der Waals surface area contributed by atoms with Crippen molar-refractivity contribution >= 4 is 11.6 Å². The summed E-state index contributed by atoms with van der Waals surface area (Å²) in [5.41, 5.74) is 0.938. The standard InChI is InChI=1S/C12H17ClO2/c1-5-9-10(12(2,3)14)6-8(13)7-11(9)15-4/h6-7,14H,5H2,1-4H3. The second-order valence-electron chi connectivity index (χ2n) is 4.05. The highest BCUT2D eigenvalue weighted by atomic mass is 35.5. The van der Waals surface area contributed by atoms with Gasteiger partial charge in [0.25, 0.3) is 0 Å². The third-order valence-electron chi connectivity index (χ3n) is 2.41. The van der Waals surface area contributed by atoms with Crippen LogP contribution in [-0.2, 0) is 12.0 Å². The lowest BCUT2D eigenvalue weighted by Gasteiger charge is -2.23. The number of ether oxygens (including phenoxy) is 1. The first-order valence-electron chi connectivity index (χ1n) is 4.99. The largest absolute Gasteiger partial charge is 0.496 e. The van der Waals surface area contributed by atoms with Crippen LogP contribution in [0.15, 0.2) is 12.1 Å². The van der Waals surface area contributed by atoms with Gasteiger partial charge >= 0.3 is 0 Å². The van der Waals surface area contributed by atoms with Crippen molar-refractivity contribution in [2.45, 2.75) is 32.8 Å². The second kappa shape index (κ2) is 4.42. The molecule has 0 aliphatic rings. The van der Waals surface area contributed by atoms with Gasteiger partial charge in [0.05, 0.1) is 12.7 Å². The summed E-state index contributed by atoms with van der Waals surface area (Å²) in [6.45, 7) is 5.52. The minimum absolute atomic E-state index is 0.584. The number of methoxy groups -OCH3 is 1. The Labute approximate surface area is 95.8 Å². The Morgan fingerprint density at radius 2 is 2.00 bits per heavy atom. The fraction of sp³-hybridized carbons (Fsp3) is 0.500. The molecule has 1 aromatic rings. The van der Waals surface area contributed by atoms with Crippen molar-refractivity contribution in [1.82, 2.24) is 0 Å². The van der Waals surface area contributed by atoms with Gasteiger partial charge in [0.1, 0.15) is 5.75 Å². The molecule has 1 N–H and O–H groups in total. The molecule has 0 aromatic heterocycles. The van der Waals surface area contributed by atoms with Gasteiger partial charge in [-0.05, 0) is 43.5 Å². The van der Waals surface area contributed by atoms with Crippen LogP contribution in [-0.4, -0.2) is 12.2 Å². The molecule has 1 rings (SSSR count). The van der Waals surface area contributed by atoms with E-state index in [0.29, 0.717) is 5.02 Å². The van der Waals surface area contributed by atoms with E-state index in [0.717, 1.165) is 23.3 Å². The molecule has 1 aromatic carbocycles. The van der Waals surface area contributed by atoms with E-state index in [1.54, 1.807) is 33.1 Å². The summed E-state index contributed by atoms with van der Waals surface area (Å²) in [7, 11) is 1.61. The number of hydrogen-bond donors (Lipinski definition) is 1. The smallest absolute Gasteiger partial charge is 0.123 e. The Kier molecular flexibility index (Phi) is 3.63. The van der Waals surface area contributed by atoms with E-state index >= 15 is 0 Å². The zero-order chi connectivity index (χ0) is 11.6. The molecular formula is C12H17ClO2. The highest BCUT2D eigenvalue weighted by Gasteiger charge is 2.22. The molecule has 0 radical (unpaired) electrons. The van der Waals surface area contributed by atoms with Crippen molar-refractivity contribution in [3.05, 3.63) is 28.3 Å². The van der Waals surface area contributed by atoms with Crippen molar-refractivity contribution in [3.8, 4) is 5.75 Å². The number of halogens is 1. The topological polar surface area (TPSA) is 29.5 Å². The van der Waals surface area contributed by atoms with Crippen molar-refractivity contribution in [1.29, 1.82) is 0 Å². The fourth-order valence-electron chi connectivity index (χ4n) is 1.70. The maximum Gasteiger partial charge on any atom is 0.123 e. The van der Waals surface area contributed by atoms with E-state index in [4.69, 9.17) is 16.3 Å². The quantitative estimate of drug-likeness (QED) is 0.861. The van der Waals surface area contributed by atoms with Crippen molar-refractivity contribution in [3.63, 3.8) is 0 Å². The van der Waals surface area contributed by atoms with E-state index in [1.165, 1.54) is 0 Å². The highest BCUT2D eigenvalue weighted by molar-refractivity contribution is 6.30. The van der Waals surface area contributed by atoms with Crippen molar-refractivity contribution in [2.75, 3.05) is 7.11 Å². The van der Waals surface area contributed by atoms with Gasteiger partial charge in [-0.2, -0.15) is 0 Å². The summed E-state index contributed by atoms with van der Waals surface area (Å²) in [4.78, 5) is 0. The first-order valence-corrected chi connectivity index (χ1v) is 5.37. The molecule has 0 amide bonds. The lowest BCUT2D eigenvalue weighted by molar-refractivity contribution is 0.0773. The molecular weight excluding hydrogens is 212 g/mol. The lowest BCUT2D eigenvalue weighted by atomic mass is 9.91. The molecule has 2 nitrogen and oxygen atoms in total. The Balaban J connectivity index is 3.42. The molecule has 0 saturated heterocycles. The molecule has 3 heteroatoms. The maximum absolute atomic E-state index is 10.0. The minimum Gasteiger partial charge on any atom is -0.496 e. The maximum atomic E-state index is 10.0. The highest BCUT2D eigenvalue weighted by Crippen LogP contribution is 2.33. The fourth-order valence-corrected chi connectivity index (χ4v) is 1.91. The van der Waals surface area contributed by atoms with Gasteiger partial charge < -0.3 is 9.84 Å². The summed E-state index contributed by atoms with van der Waals surface area (Å²) in [5, 5.41) is 10.6. The third kappa shape index (κ3) is 2.64. The van der Waals surface area contributed by atoms with Gasteiger partial charge in [-0.1, -0.05) is 18.5 Å². The summed E-state index contributed by atoms with van der Waals surface area (Å²) in [6, 6.07) is 3.57. The molecule has 0 aliphatic heterocycles. The Morgan fingerprint density at radius 3 is 2.40 bits per heavy atom. The molecule has 0 spiro atoms. The first kappa shape index (κ1) is 12.3. The monoisotopic (exact) mass is 228 g/mol. The van der Waals surface area contributed by atoms with Crippen LogP contribution in [0.1, 0.15) is 31.9 Å². The van der Waals surface area contributed by atoms with Crippen LogP contribution >= 0.6 is 11.6 Å². The van der Waals surface area contributed by atoms with Gasteiger partial charge in [0.15, 0.2) is 0 Å². The molecule has 0 unspecified atom stereocenters. The van der Waals surface area contributed by atoms with Crippen LogP contribution in [0.3, 0.4) is 0 Å². The normalized spacial score (nSPS) is 11.6. The molecule has 84 valence electrons. The SMILES string of the molecule is CCc1c(OC)cc(Cl)cc1C(C)(C)O. The van der Waals surface area contributed by atoms with Gasteiger partial charge in [0.2, 0.25) is 0 Å². The van der Waals surface area contributed by atoms with Crippen LogP contribution in [0.25, 0.3) is 0 Å². The molecule has 0 atom stereocenters. The van der Waals surface area contributed by atoms with E-state index < -0.39 is 5.60 Å². The van der Waals surface area contributed by atoms with Crippen molar-refractivity contribution in [2.24, 2.45) is 0 Å². The van der Waals surface area contributed by atoms with Crippen LogP contribution in [0.2, 0.25) is 5.02 Å². The molecule has 0 fully saturated rings. The van der Waals surface area contributed by atoms with Crippen LogP contribution in [0.4, 0.5) is 0 Å². The molecule has 0 aliphatic carbocycles. The Hall–Kier alpha value is -0.730. The number of hydrogen-bond acceptors (Lipinski definition) is 2. The van der Waals surface area contributed by atoms with Gasteiger partial charge in [-0.3, -0.25) is 0 Å². The average Bonchev–Trinajstić information content (AvgIpc) is 2.15. The minimum atomic E-state index is -0.899. The summed E-state index contributed by atoms with van der Waals surface area (Å²) in [5.74, 6) is 0.738. The molecule has 0 saturated carbocycles. The van der Waals surface area contributed by atoms with E-state index in [9.17, 15) is 5.11 Å². The number of rotatable bonds is 3. The van der Waals surface area contributed by atoms with Crippen LogP contribution in [0, 0.1) is 0 Å². The van der Waals surface area contributed by atoms with Gasteiger partial charge in [0, 0.05) is 5.02 Å². The van der Waals surface area contributed by atoms with Crippen LogP contribution in [0.5, 0.6) is 5.75 Å². The summed E-state index contributed by atoms with van der Waals surface area (Å²) in [6.07, 6.45) is 0.805. The Morgan fingerprint density at radius 1 is 1.40 bits per heavy atom. The molecule has 0 heterocycles. The lowest BCUT2D eigenvalue weighted by Crippen LogP contribution is -2.18. The summed E-state index contributed by atoms with van der Waals surface area (Å²) < 4.78 is 5.26.